The third-order valence-electron chi connectivity index (χ3n) is 2.63. The summed E-state index contributed by atoms with van der Waals surface area (Å²) < 4.78 is 20.4. The van der Waals surface area contributed by atoms with E-state index in [4.69, 9.17) is 14.2 Å². The smallest absolute Gasteiger partial charge is 0.408 e. The van der Waals surface area contributed by atoms with Crippen molar-refractivity contribution in [1.29, 1.82) is 0 Å². The quantitative estimate of drug-likeness (QED) is 0.807. The van der Waals surface area contributed by atoms with Crippen LogP contribution in [0.2, 0.25) is 0 Å². The summed E-state index contributed by atoms with van der Waals surface area (Å²) in [5.74, 6) is 0.500. The van der Waals surface area contributed by atoms with Crippen molar-refractivity contribution in [3.05, 3.63) is 24.3 Å². The van der Waals surface area contributed by atoms with Crippen LogP contribution in [0.15, 0.2) is 24.3 Å². The second-order valence-corrected chi connectivity index (χ2v) is 5.71. The minimum Gasteiger partial charge on any atom is -0.497 e. The van der Waals surface area contributed by atoms with Crippen LogP contribution in [0.5, 0.6) is 11.5 Å². The zero-order valence-electron chi connectivity index (χ0n) is 14.0. The number of nitrogens with one attached hydrogen (secondary N) is 1. The van der Waals surface area contributed by atoms with E-state index in [0.717, 1.165) is 0 Å². The van der Waals surface area contributed by atoms with Crippen LogP contribution in [0, 0.1) is 0 Å². The zero-order chi connectivity index (χ0) is 17.5. The second kappa shape index (κ2) is 8.26. The van der Waals surface area contributed by atoms with Crippen molar-refractivity contribution in [3.8, 4) is 11.5 Å². The van der Waals surface area contributed by atoms with E-state index in [-0.39, 0.29) is 6.61 Å². The minimum atomic E-state index is -0.985. The molecule has 0 fully saturated rings. The van der Waals surface area contributed by atoms with Crippen LogP contribution in [0.4, 0.5) is 4.79 Å². The van der Waals surface area contributed by atoms with Crippen molar-refractivity contribution in [3.63, 3.8) is 0 Å². The summed E-state index contributed by atoms with van der Waals surface area (Å²) in [5.41, 5.74) is -0.668. The molecule has 0 spiro atoms. The Morgan fingerprint density at radius 2 is 1.83 bits per heavy atom. The Kier molecular flexibility index (Phi) is 6.68. The molecular formula is C16H23NO6. The van der Waals surface area contributed by atoms with Crippen molar-refractivity contribution in [1.82, 2.24) is 5.32 Å². The molecule has 7 heteroatoms. The summed E-state index contributed by atoms with van der Waals surface area (Å²) in [6, 6.07) is 5.92. The van der Waals surface area contributed by atoms with Crippen LogP contribution < -0.4 is 14.8 Å². The number of carbonyl (C=O) groups excluding carboxylic acids is 2. The summed E-state index contributed by atoms with van der Waals surface area (Å²) in [7, 11) is 2.78. The molecule has 0 aromatic heterocycles. The van der Waals surface area contributed by atoms with E-state index in [0.29, 0.717) is 11.5 Å². The van der Waals surface area contributed by atoms with E-state index in [2.05, 4.69) is 10.1 Å². The van der Waals surface area contributed by atoms with Crippen LogP contribution in [0.25, 0.3) is 0 Å². The summed E-state index contributed by atoms with van der Waals surface area (Å²) in [5, 5.41) is 2.43. The highest BCUT2D eigenvalue weighted by molar-refractivity contribution is 5.81. The first-order valence-corrected chi connectivity index (χ1v) is 7.09. The predicted octanol–water partition coefficient (Wildman–Crippen LogP) is 2.14. The molecule has 0 saturated carbocycles. The molecule has 0 aliphatic carbocycles. The molecular weight excluding hydrogens is 302 g/mol. The molecule has 1 rings (SSSR count). The average molecular weight is 325 g/mol. The lowest BCUT2D eigenvalue weighted by Gasteiger charge is -2.22. The number of rotatable bonds is 6. The fourth-order valence-electron chi connectivity index (χ4n) is 1.63. The van der Waals surface area contributed by atoms with Crippen LogP contribution in [-0.2, 0) is 14.3 Å². The Bertz CT molecular complexity index is 538. The molecule has 1 N–H and O–H groups in total. The maximum Gasteiger partial charge on any atom is 0.408 e. The van der Waals surface area contributed by atoms with E-state index < -0.39 is 23.7 Å². The molecule has 0 aliphatic rings. The maximum atomic E-state index is 11.8. The molecule has 0 saturated heterocycles. The lowest BCUT2D eigenvalue weighted by molar-refractivity contribution is -0.143. The van der Waals surface area contributed by atoms with E-state index in [1.54, 1.807) is 52.1 Å². The van der Waals surface area contributed by atoms with Crippen LogP contribution in [-0.4, -0.2) is 44.5 Å². The fourth-order valence-corrected chi connectivity index (χ4v) is 1.63. The van der Waals surface area contributed by atoms with E-state index in [1.807, 2.05) is 0 Å². The van der Waals surface area contributed by atoms with Crippen molar-refractivity contribution in [2.45, 2.75) is 32.4 Å². The molecule has 1 amide bonds. The van der Waals surface area contributed by atoms with Crippen LogP contribution >= 0.6 is 0 Å². The highest BCUT2D eigenvalue weighted by Gasteiger charge is 2.25. The van der Waals surface area contributed by atoms with E-state index >= 15 is 0 Å². The van der Waals surface area contributed by atoms with Gasteiger partial charge >= 0.3 is 12.1 Å². The van der Waals surface area contributed by atoms with Gasteiger partial charge in [0.15, 0.2) is 6.04 Å². The first-order chi connectivity index (χ1) is 10.7. The van der Waals surface area contributed by atoms with Gasteiger partial charge in [-0.2, -0.15) is 0 Å². The number of alkyl carbamates (subject to hydrolysis) is 1. The second-order valence-electron chi connectivity index (χ2n) is 5.71. The Balaban J connectivity index is 2.67. The van der Waals surface area contributed by atoms with Crippen molar-refractivity contribution in [2.75, 3.05) is 20.8 Å². The fraction of sp³-hybridized carbons (Fsp3) is 0.500. The molecule has 7 nitrogen and oxygen atoms in total. The number of esters is 1. The zero-order valence-corrected chi connectivity index (χ0v) is 14.0. The number of methoxy groups -OCH3 is 2. The molecule has 1 atom stereocenters. The Morgan fingerprint density at radius 1 is 1.17 bits per heavy atom. The molecule has 128 valence electrons. The molecule has 1 unspecified atom stereocenters. The van der Waals surface area contributed by atoms with Crippen molar-refractivity contribution < 1.29 is 28.5 Å². The summed E-state index contributed by atoms with van der Waals surface area (Å²) >= 11 is 0. The minimum absolute atomic E-state index is 0.0981. The number of benzene rings is 1. The summed E-state index contributed by atoms with van der Waals surface area (Å²) in [6.07, 6.45) is -0.720. The number of hydrogen-bond acceptors (Lipinski definition) is 6. The van der Waals surface area contributed by atoms with Gasteiger partial charge in [0.25, 0.3) is 0 Å². The monoisotopic (exact) mass is 325 g/mol. The maximum absolute atomic E-state index is 11.8. The molecule has 0 aliphatic heterocycles. The molecule has 0 heterocycles. The Labute approximate surface area is 135 Å². The number of amides is 1. The van der Waals surface area contributed by atoms with Gasteiger partial charge in [-0.25, -0.2) is 9.59 Å². The molecule has 1 aromatic rings. The first kappa shape index (κ1) is 18.6. The lowest BCUT2D eigenvalue weighted by atomic mass is 10.2. The van der Waals surface area contributed by atoms with Gasteiger partial charge in [-0.15, -0.1) is 0 Å². The number of ether oxygens (including phenoxy) is 4. The Hall–Kier alpha value is -2.44. The standard InChI is InChI=1S/C16H23NO6/c1-16(2,3)23-15(19)17-13(14(18)21-5)10-22-12-8-6-7-11(9-12)20-4/h6-9,13H,10H2,1-5H3,(H,17,19). The molecule has 0 radical (unpaired) electrons. The topological polar surface area (TPSA) is 83.1 Å². The largest absolute Gasteiger partial charge is 0.497 e. The summed E-state index contributed by atoms with van der Waals surface area (Å²) in [6.45, 7) is 5.09. The molecule has 1 aromatic carbocycles. The normalized spacial score (nSPS) is 12.0. The number of hydrogen-bond donors (Lipinski definition) is 1. The van der Waals surface area contributed by atoms with Crippen molar-refractivity contribution in [2.24, 2.45) is 0 Å². The SMILES string of the molecule is COC(=O)C(COc1cccc(OC)c1)NC(=O)OC(C)(C)C. The third kappa shape index (κ3) is 6.90. The van der Waals surface area contributed by atoms with Gasteiger partial charge in [-0.1, -0.05) is 6.07 Å². The lowest BCUT2D eigenvalue weighted by Crippen LogP contribution is -2.47. The summed E-state index contributed by atoms with van der Waals surface area (Å²) in [4.78, 5) is 23.5. The van der Waals surface area contributed by atoms with Gasteiger partial charge < -0.3 is 24.3 Å². The molecule has 0 bridgehead atoms. The van der Waals surface area contributed by atoms with E-state index in [9.17, 15) is 9.59 Å². The van der Waals surface area contributed by atoms with Gasteiger partial charge in [0.2, 0.25) is 0 Å². The van der Waals surface area contributed by atoms with E-state index in [1.165, 1.54) is 7.11 Å². The number of carbonyl (C=O) groups is 2. The van der Waals surface area contributed by atoms with Gasteiger partial charge in [0, 0.05) is 6.07 Å². The van der Waals surface area contributed by atoms with Gasteiger partial charge in [0.1, 0.15) is 23.7 Å². The first-order valence-electron chi connectivity index (χ1n) is 7.09. The molecule has 23 heavy (non-hydrogen) atoms. The highest BCUT2D eigenvalue weighted by Crippen LogP contribution is 2.19. The highest BCUT2D eigenvalue weighted by atomic mass is 16.6. The van der Waals surface area contributed by atoms with Crippen molar-refractivity contribution >= 4 is 12.1 Å². The Morgan fingerprint density at radius 3 is 2.39 bits per heavy atom. The average Bonchev–Trinajstić information content (AvgIpc) is 2.49. The van der Waals surface area contributed by atoms with Gasteiger partial charge in [0.05, 0.1) is 14.2 Å². The van der Waals surface area contributed by atoms with Crippen LogP contribution in [0.1, 0.15) is 20.8 Å². The third-order valence-corrected chi connectivity index (χ3v) is 2.63. The van der Waals surface area contributed by atoms with Gasteiger partial charge in [-0.3, -0.25) is 0 Å². The van der Waals surface area contributed by atoms with Crippen LogP contribution in [0.3, 0.4) is 0 Å². The predicted molar refractivity (Wildman–Crippen MR) is 83.7 cm³/mol. The van der Waals surface area contributed by atoms with Gasteiger partial charge in [-0.05, 0) is 32.9 Å².